The van der Waals surface area contributed by atoms with Gasteiger partial charge in [0.2, 0.25) is 5.95 Å². The van der Waals surface area contributed by atoms with E-state index in [9.17, 15) is 0 Å². The zero-order valence-electron chi connectivity index (χ0n) is 17.8. The van der Waals surface area contributed by atoms with Crippen LogP contribution in [0.25, 0.3) is 0 Å². The molecule has 1 fully saturated rings. The van der Waals surface area contributed by atoms with Gasteiger partial charge in [-0.05, 0) is 48.7 Å². The van der Waals surface area contributed by atoms with E-state index in [0.717, 1.165) is 56.1 Å². The van der Waals surface area contributed by atoms with Crippen molar-refractivity contribution in [3.05, 3.63) is 71.7 Å². The fourth-order valence-electron chi connectivity index (χ4n) is 3.78. The second-order valence-corrected chi connectivity index (χ2v) is 7.78. The normalized spacial score (nSPS) is 15.6. The highest BCUT2D eigenvalue weighted by atomic mass is 15.3. The van der Waals surface area contributed by atoms with Crippen molar-refractivity contribution in [3.8, 4) is 6.07 Å². The van der Waals surface area contributed by atoms with Crippen LogP contribution in [0.5, 0.6) is 0 Å². The third-order valence-electron chi connectivity index (χ3n) is 5.38. The van der Waals surface area contributed by atoms with Gasteiger partial charge in [0.05, 0.1) is 11.6 Å². The average molecular weight is 414 g/mol. The second kappa shape index (κ2) is 10.0. The molecular formula is C24H27N7. The molecule has 0 spiro atoms. The van der Waals surface area contributed by atoms with Gasteiger partial charge in [-0.25, -0.2) is 4.98 Å². The number of hydrogen-bond donors (Lipinski definition) is 2. The molecule has 31 heavy (non-hydrogen) atoms. The molecule has 1 aromatic carbocycles. The lowest BCUT2D eigenvalue weighted by Gasteiger charge is -2.20. The molecule has 1 atom stereocenters. The van der Waals surface area contributed by atoms with Crippen molar-refractivity contribution < 1.29 is 0 Å². The third kappa shape index (κ3) is 5.56. The molecule has 0 radical (unpaired) electrons. The zero-order chi connectivity index (χ0) is 21.5. The number of aryl methyl sites for hydroxylation is 1. The minimum absolute atomic E-state index is 0.418. The number of pyridine rings is 1. The van der Waals surface area contributed by atoms with Gasteiger partial charge in [0.25, 0.3) is 0 Å². The lowest BCUT2D eigenvalue weighted by molar-refractivity contribution is 0.551. The van der Waals surface area contributed by atoms with Gasteiger partial charge in [-0.1, -0.05) is 19.4 Å². The van der Waals surface area contributed by atoms with E-state index in [-0.39, 0.29) is 0 Å². The molecule has 3 aromatic rings. The predicted molar refractivity (Wildman–Crippen MR) is 122 cm³/mol. The number of anilines is 3. The highest BCUT2D eigenvalue weighted by Crippen LogP contribution is 2.23. The fraction of sp³-hybridized carbons (Fsp3) is 0.333. The van der Waals surface area contributed by atoms with Crippen LogP contribution in [0.15, 0.2) is 54.9 Å². The SMILES string of the molecule is CCCc1cc(N2CCC(NCc3ccncc3)C2)nc(Nc2cccc(C#N)c2)n1. The monoisotopic (exact) mass is 413 g/mol. The maximum atomic E-state index is 9.15. The molecule has 0 aliphatic carbocycles. The van der Waals surface area contributed by atoms with Crippen LogP contribution in [0.3, 0.4) is 0 Å². The molecule has 0 amide bonds. The molecule has 2 aromatic heterocycles. The van der Waals surface area contributed by atoms with Crippen LogP contribution in [-0.4, -0.2) is 34.1 Å². The summed E-state index contributed by atoms with van der Waals surface area (Å²) in [6.07, 6.45) is 6.66. The first-order chi connectivity index (χ1) is 15.2. The van der Waals surface area contributed by atoms with Crippen LogP contribution in [0.1, 0.15) is 36.6 Å². The summed E-state index contributed by atoms with van der Waals surface area (Å²) in [7, 11) is 0. The van der Waals surface area contributed by atoms with Gasteiger partial charge in [-0.3, -0.25) is 4.98 Å². The molecule has 1 aliphatic heterocycles. The summed E-state index contributed by atoms with van der Waals surface area (Å²) in [6, 6.07) is 16.2. The van der Waals surface area contributed by atoms with E-state index in [1.165, 1.54) is 5.56 Å². The first-order valence-electron chi connectivity index (χ1n) is 10.8. The first-order valence-corrected chi connectivity index (χ1v) is 10.8. The van der Waals surface area contributed by atoms with E-state index < -0.39 is 0 Å². The maximum absolute atomic E-state index is 9.15. The van der Waals surface area contributed by atoms with E-state index in [2.05, 4.69) is 44.6 Å². The number of rotatable bonds is 8. The molecule has 7 heteroatoms. The standard InChI is InChI=1S/C24H27N7/c1-2-4-20-14-23(30-24(28-20)29-21-6-3-5-19(13-21)15-25)31-12-9-22(17-31)27-16-18-7-10-26-11-8-18/h3,5-8,10-11,13-14,22,27H,2,4,9,12,16-17H2,1H3,(H,28,29,30). The van der Waals surface area contributed by atoms with Crippen molar-refractivity contribution in [2.24, 2.45) is 0 Å². The van der Waals surface area contributed by atoms with Crippen molar-refractivity contribution in [2.75, 3.05) is 23.3 Å². The highest BCUT2D eigenvalue weighted by molar-refractivity contribution is 5.58. The van der Waals surface area contributed by atoms with Crippen LogP contribution >= 0.6 is 0 Å². The number of nitrogens with zero attached hydrogens (tertiary/aromatic N) is 5. The van der Waals surface area contributed by atoms with Gasteiger partial charge in [0.1, 0.15) is 5.82 Å². The van der Waals surface area contributed by atoms with Gasteiger partial charge in [-0.2, -0.15) is 10.2 Å². The first kappa shape index (κ1) is 20.8. The maximum Gasteiger partial charge on any atom is 0.229 e. The molecule has 1 unspecified atom stereocenters. The molecule has 0 saturated carbocycles. The van der Waals surface area contributed by atoms with Crippen LogP contribution in [0.4, 0.5) is 17.5 Å². The Morgan fingerprint density at radius 1 is 1.16 bits per heavy atom. The Morgan fingerprint density at radius 2 is 2.03 bits per heavy atom. The summed E-state index contributed by atoms with van der Waals surface area (Å²) in [5.74, 6) is 1.52. The van der Waals surface area contributed by atoms with E-state index in [4.69, 9.17) is 10.2 Å². The van der Waals surface area contributed by atoms with Crippen LogP contribution in [-0.2, 0) is 13.0 Å². The Morgan fingerprint density at radius 3 is 2.84 bits per heavy atom. The topological polar surface area (TPSA) is 89.8 Å². The predicted octanol–water partition coefficient (Wildman–Crippen LogP) is 3.81. The number of hydrogen-bond acceptors (Lipinski definition) is 7. The summed E-state index contributed by atoms with van der Waals surface area (Å²) in [5.41, 5.74) is 3.70. The Bertz CT molecular complexity index is 1050. The van der Waals surface area contributed by atoms with Crippen molar-refractivity contribution >= 4 is 17.5 Å². The van der Waals surface area contributed by atoms with E-state index >= 15 is 0 Å². The van der Waals surface area contributed by atoms with Crippen LogP contribution in [0.2, 0.25) is 0 Å². The van der Waals surface area contributed by atoms with Gasteiger partial charge in [-0.15, -0.1) is 0 Å². The van der Waals surface area contributed by atoms with Crippen molar-refractivity contribution in [1.29, 1.82) is 5.26 Å². The lowest BCUT2D eigenvalue weighted by Crippen LogP contribution is -2.32. The molecular weight excluding hydrogens is 386 g/mol. The average Bonchev–Trinajstić information content (AvgIpc) is 3.28. The Labute approximate surface area is 183 Å². The van der Waals surface area contributed by atoms with E-state index in [1.54, 1.807) is 6.07 Å². The second-order valence-electron chi connectivity index (χ2n) is 7.78. The Balaban J connectivity index is 1.46. The Kier molecular flexibility index (Phi) is 6.70. The number of aromatic nitrogens is 3. The minimum Gasteiger partial charge on any atom is -0.355 e. The molecule has 3 heterocycles. The van der Waals surface area contributed by atoms with E-state index in [0.29, 0.717) is 17.6 Å². The fourth-order valence-corrected chi connectivity index (χ4v) is 3.78. The van der Waals surface area contributed by atoms with Crippen molar-refractivity contribution in [2.45, 2.75) is 38.8 Å². The van der Waals surface area contributed by atoms with Crippen molar-refractivity contribution in [1.82, 2.24) is 20.3 Å². The lowest BCUT2D eigenvalue weighted by atomic mass is 10.2. The number of nitrogens with one attached hydrogen (secondary N) is 2. The van der Waals surface area contributed by atoms with Gasteiger partial charge >= 0.3 is 0 Å². The zero-order valence-corrected chi connectivity index (χ0v) is 17.8. The van der Waals surface area contributed by atoms with Gasteiger partial charge < -0.3 is 15.5 Å². The molecule has 2 N–H and O–H groups in total. The van der Waals surface area contributed by atoms with Crippen LogP contribution < -0.4 is 15.5 Å². The molecule has 0 bridgehead atoms. The number of benzene rings is 1. The molecule has 4 rings (SSSR count). The molecule has 7 nitrogen and oxygen atoms in total. The summed E-state index contributed by atoms with van der Waals surface area (Å²) in [5, 5.41) is 16.1. The van der Waals surface area contributed by atoms with Crippen molar-refractivity contribution in [3.63, 3.8) is 0 Å². The molecule has 1 saturated heterocycles. The van der Waals surface area contributed by atoms with Gasteiger partial charge in [0, 0.05) is 55.5 Å². The third-order valence-corrected chi connectivity index (χ3v) is 5.38. The summed E-state index contributed by atoms with van der Waals surface area (Å²) < 4.78 is 0. The largest absolute Gasteiger partial charge is 0.355 e. The highest BCUT2D eigenvalue weighted by Gasteiger charge is 2.24. The quantitative estimate of drug-likeness (QED) is 0.580. The summed E-state index contributed by atoms with van der Waals surface area (Å²) in [6.45, 7) is 4.87. The Hall–Kier alpha value is -3.50. The molecule has 158 valence electrons. The smallest absolute Gasteiger partial charge is 0.229 e. The van der Waals surface area contributed by atoms with E-state index in [1.807, 2.05) is 42.7 Å². The number of nitriles is 1. The van der Waals surface area contributed by atoms with Crippen LogP contribution in [0, 0.1) is 11.3 Å². The summed E-state index contributed by atoms with van der Waals surface area (Å²) >= 11 is 0. The summed E-state index contributed by atoms with van der Waals surface area (Å²) in [4.78, 5) is 15.9. The minimum atomic E-state index is 0.418. The molecule has 1 aliphatic rings. The van der Waals surface area contributed by atoms with Gasteiger partial charge in [0.15, 0.2) is 0 Å².